The van der Waals surface area contributed by atoms with Gasteiger partial charge in [-0.05, 0) is 24.3 Å². The van der Waals surface area contributed by atoms with Crippen molar-refractivity contribution < 1.29 is 14.3 Å². The summed E-state index contributed by atoms with van der Waals surface area (Å²) in [5.74, 6) is 1.62. The van der Waals surface area contributed by atoms with E-state index < -0.39 is 5.91 Å². The van der Waals surface area contributed by atoms with Crippen molar-refractivity contribution in [1.29, 1.82) is 0 Å². The number of primary amides is 1. The largest absolute Gasteiger partial charge is 0.497 e. The molecule has 0 aliphatic heterocycles. The summed E-state index contributed by atoms with van der Waals surface area (Å²) in [6.45, 7) is 0.538. The Morgan fingerprint density at radius 1 is 1.24 bits per heavy atom. The molecule has 0 spiro atoms. The van der Waals surface area contributed by atoms with Gasteiger partial charge < -0.3 is 20.5 Å². The van der Waals surface area contributed by atoms with E-state index in [0.29, 0.717) is 17.9 Å². The number of aromatic nitrogens is 1. The van der Waals surface area contributed by atoms with Gasteiger partial charge in [0, 0.05) is 24.4 Å². The lowest BCUT2D eigenvalue weighted by Gasteiger charge is -2.11. The Kier molecular flexibility index (Phi) is 4.61. The monoisotopic (exact) mass is 287 g/mol. The molecular formula is C15H17N3O3. The Labute approximate surface area is 122 Å². The lowest BCUT2D eigenvalue weighted by molar-refractivity contribution is 0.1000. The average Bonchev–Trinajstić information content (AvgIpc) is 2.53. The minimum absolute atomic E-state index is 0.377. The molecule has 1 aromatic heterocycles. The Bertz CT molecular complexity index is 627. The van der Waals surface area contributed by atoms with Gasteiger partial charge in [0.25, 0.3) is 0 Å². The third kappa shape index (κ3) is 3.62. The van der Waals surface area contributed by atoms with Gasteiger partial charge in [-0.25, -0.2) is 4.98 Å². The highest BCUT2D eigenvalue weighted by Crippen LogP contribution is 2.25. The molecule has 110 valence electrons. The van der Waals surface area contributed by atoms with Crippen LogP contribution in [0.2, 0.25) is 0 Å². The zero-order chi connectivity index (χ0) is 15.2. The highest BCUT2D eigenvalue weighted by molar-refractivity contribution is 5.92. The molecule has 1 aromatic carbocycles. The number of carbonyl (C=O) groups is 1. The van der Waals surface area contributed by atoms with Gasteiger partial charge in [0.1, 0.15) is 17.3 Å². The number of anilines is 1. The molecule has 0 aliphatic carbocycles. The first-order chi connectivity index (χ1) is 10.1. The molecule has 1 heterocycles. The fraction of sp³-hybridized carbons (Fsp3) is 0.200. The number of amides is 1. The Balaban J connectivity index is 2.07. The van der Waals surface area contributed by atoms with Crippen LogP contribution in [-0.4, -0.2) is 25.1 Å². The van der Waals surface area contributed by atoms with E-state index in [1.807, 2.05) is 18.2 Å². The summed E-state index contributed by atoms with van der Waals surface area (Å²) in [5.41, 5.74) is 6.52. The highest BCUT2D eigenvalue weighted by atomic mass is 16.5. The van der Waals surface area contributed by atoms with Gasteiger partial charge in [-0.2, -0.15) is 0 Å². The van der Waals surface area contributed by atoms with Crippen molar-refractivity contribution in [2.75, 3.05) is 19.5 Å². The predicted molar refractivity (Wildman–Crippen MR) is 79.6 cm³/mol. The van der Waals surface area contributed by atoms with E-state index in [1.54, 1.807) is 26.4 Å². The summed E-state index contributed by atoms with van der Waals surface area (Å²) in [6.07, 6.45) is 1.44. The molecule has 0 fully saturated rings. The number of ether oxygens (including phenoxy) is 2. The number of methoxy groups -OCH3 is 2. The van der Waals surface area contributed by atoms with Crippen molar-refractivity contribution in [2.45, 2.75) is 6.54 Å². The van der Waals surface area contributed by atoms with Gasteiger partial charge in [-0.3, -0.25) is 4.79 Å². The van der Waals surface area contributed by atoms with Crippen LogP contribution in [0.5, 0.6) is 11.5 Å². The first-order valence-electron chi connectivity index (χ1n) is 6.34. The normalized spacial score (nSPS) is 10.0. The van der Waals surface area contributed by atoms with E-state index in [9.17, 15) is 4.79 Å². The summed E-state index contributed by atoms with van der Waals surface area (Å²) >= 11 is 0. The topological polar surface area (TPSA) is 86.5 Å². The maximum atomic E-state index is 11.0. The number of hydrogen-bond donors (Lipinski definition) is 2. The molecule has 0 atom stereocenters. The van der Waals surface area contributed by atoms with E-state index in [1.165, 1.54) is 6.20 Å². The van der Waals surface area contributed by atoms with Gasteiger partial charge in [0.2, 0.25) is 5.91 Å². The SMILES string of the molecule is COc1ccc(CNc2ccc(C(N)=O)cn2)c(OC)c1. The summed E-state index contributed by atoms with van der Waals surface area (Å²) in [7, 11) is 3.22. The molecule has 0 saturated heterocycles. The maximum absolute atomic E-state index is 11.0. The second-order valence-electron chi connectivity index (χ2n) is 4.33. The van der Waals surface area contributed by atoms with E-state index >= 15 is 0 Å². The number of hydrogen-bond acceptors (Lipinski definition) is 5. The molecule has 0 bridgehead atoms. The van der Waals surface area contributed by atoms with Crippen LogP contribution in [0, 0.1) is 0 Å². The lowest BCUT2D eigenvalue weighted by atomic mass is 10.2. The zero-order valence-corrected chi connectivity index (χ0v) is 11.9. The van der Waals surface area contributed by atoms with Gasteiger partial charge in [-0.1, -0.05) is 0 Å². The molecule has 0 radical (unpaired) electrons. The number of pyridine rings is 1. The molecule has 21 heavy (non-hydrogen) atoms. The summed E-state index contributed by atoms with van der Waals surface area (Å²) in [5, 5.41) is 3.16. The number of benzene rings is 1. The third-order valence-electron chi connectivity index (χ3n) is 3.00. The first-order valence-corrected chi connectivity index (χ1v) is 6.34. The molecule has 2 rings (SSSR count). The smallest absolute Gasteiger partial charge is 0.250 e. The van der Waals surface area contributed by atoms with Crippen LogP contribution in [0.25, 0.3) is 0 Å². The number of rotatable bonds is 6. The third-order valence-corrected chi connectivity index (χ3v) is 3.00. The summed E-state index contributed by atoms with van der Waals surface area (Å²) < 4.78 is 10.5. The zero-order valence-electron chi connectivity index (χ0n) is 11.9. The minimum atomic E-state index is -0.495. The van der Waals surface area contributed by atoms with Gasteiger partial charge in [0.15, 0.2) is 0 Å². The maximum Gasteiger partial charge on any atom is 0.250 e. The second-order valence-corrected chi connectivity index (χ2v) is 4.33. The van der Waals surface area contributed by atoms with Crippen molar-refractivity contribution in [3.63, 3.8) is 0 Å². The quantitative estimate of drug-likeness (QED) is 0.846. The van der Waals surface area contributed by atoms with E-state index in [2.05, 4.69) is 10.3 Å². The van der Waals surface area contributed by atoms with Crippen molar-refractivity contribution >= 4 is 11.7 Å². The molecule has 0 unspecified atom stereocenters. The van der Waals surface area contributed by atoms with Crippen molar-refractivity contribution in [3.05, 3.63) is 47.7 Å². The molecular weight excluding hydrogens is 270 g/mol. The van der Waals surface area contributed by atoms with E-state index in [-0.39, 0.29) is 0 Å². The standard InChI is InChI=1S/C15H17N3O3/c1-20-12-5-3-10(13(7-12)21-2)8-17-14-6-4-11(9-18-14)15(16)19/h3-7,9H,8H2,1-2H3,(H2,16,19)(H,17,18). The summed E-state index contributed by atoms with van der Waals surface area (Å²) in [6, 6.07) is 8.94. The van der Waals surface area contributed by atoms with E-state index in [4.69, 9.17) is 15.2 Å². The minimum Gasteiger partial charge on any atom is -0.497 e. The van der Waals surface area contributed by atoms with Crippen molar-refractivity contribution in [2.24, 2.45) is 5.73 Å². The Hall–Kier alpha value is -2.76. The van der Waals surface area contributed by atoms with Crippen molar-refractivity contribution in [3.8, 4) is 11.5 Å². The second kappa shape index (κ2) is 6.60. The number of nitrogens with one attached hydrogen (secondary N) is 1. The van der Waals surface area contributed by atoms with Gasteiger partial charge in [-0.15, -0.1) is 0 Å². The lowest BCUT2D eigenvalue weighted by Crippen LogP contribution is -2.11. The molecule has 0 saturated carbocycles. The highest BCUT2D eigenvalue weighted by Gasteiger charge is 2.06. The van der Waals surface area contributed by atoms with Gasteiger partial charge in [0.05, 0.1) is 19.8 Å². The fourth-order valence-electron chi connectivity index (χ4n) is 1.83. The fourth-order valence-corrected chi connectivity index (χ4v) is 1.83. The molecule has 3 N–H and O–H groups in total. The molecule has 6 heteroatoms. The Morgan fingerprint density at radius 2 is 2.05 bits per heavy atom. The van der Waals surface area contributed by atoms with Crippen LogP contribution in [0.1, 0.15) is 15.9 Å². The number of carbonyl (C=O) groups excluding carboxylic acids is 1. The van der Waals surface area contributed by atoms with Crippen LogP contribution in [0.15, 0.2) is 36.5 Å². The average molecular weight is 287 g/mol. The van der Waals surface area contributed by atoms with Crippen LogP contribution < -0.4 is 20.5 Å². The molecule has 1 amide bonds. The van der Waals surface area contributed by atoms with Crippen molar-refractivity contribution in [1.82, 2.24) is 4.98 Å². The van der Waals surface area contributed by atoms with Gasteiger partial charge >= 0.3 is 0 Å². The van der Waals surface area contributed by atoms with Crippen LogP contribution in [-0.2, 0) is 6.54 Å². The molecule has 0 aliphatic rings. The number of nitrogens with zero attached hydrogens (tertiary/aromatic N) is 1. The first kappa shape index (κ1) is 14.6. The van der Waals surface area contributed by atoms with Crippen LogP contribution in [0.3, 0.4) is 0 Å². The van der Waals surface area contributed by atoms with Crippen LogP contribution in [0.4, 0.5) is 5.82 Å². The predicted octanol–water partition coefficient (Wildman–Crippen LogP) is 1.81. The number of nitrogens with two attached hydrogens (primary N) is 1. The van der Waals surface area contributed by atoms with Crippen LogP contribution >= 0.6 is 0 Å². The Morgan fingerprint density at radius 3 is 2.62 bits per heavy atom. The molecule has 6 nitrogen and oxygen atoms in total. The summed E-state index contributed by atoms with van der Waals surface area (Å²) in [4.78, 5) is 15.1. The van der Waals surface area contributed by atoms with E-state index in [0.717, 1.165) is 17.1 Å². The molecule has 2 aromatic rings.